The third-order valence-corrected chi connectivity index (χ3v) is 11.6. The second kappa shape index (κ2) is 11.3. The zero-order valence-corrected chi connectivity index (χ0v) is 27.3. The molecule has 1 aliphatic heterocycles. The Balaban J connectivity index is 0.898. The predicted molar refractivity (Wildman–Crippen MR) is 178 cm³/mol. The van der Waals surface area contributed by atoms with E-state index in [4.69, 9.17) is 0 Å². The van der Waals surface area contributed by atoms with Gasteiger partial charge in [-0.05, 0) is 85.9 Å². The number of piperidine rings is 1. The van der Waals surface area contributed by atoms with Crippen molar-refractivity contribution in [3.05, 3.63) is 76.3 Å². The van der Waals surface area contributed by atoms with Gasteiger partial charge in [-0.25, -0.2) is 9.97 Å². The lowest BCUT2D eigenvalue weighted by molar-refractivity contribution is -0.156. The van der Waals surface area contributed by atoms with Gasteiger partial charge in [-0.3, -0.25) is 9.69 Å². The summed E-state index contributed by atoms with van der Waals surface area (Å²) in [4.78, 5) is 27.3. The molecule has 9 rings (SSSR count). The van der Waals surface area contributed by atoms with Gasteiger partial charge in [0, 0.05) is 59.7 Å². The van der Waals surface area contributed by atoms with E-state index in [1.54, 1.807) is 18.3 Å². The second-order valence-electron chi connectivity index (χ2n) is 14.0. The van der Waals surface area contributed by atoms with E-state index in [9.17, 15) is 23.2 Å². The average molecular weight is 673 g/mol. The molecule has 248 valence electrons. The quantitative estimate of drug-likeness (QED) is 0.161. The SMILES string of the molecule is Cc1c(CN2CCC(Nc3ncnc4sc(CC(F)(F)F)cc34)CC2)ccc2c1cc(C#N)n2CC12CC(NC(=O)c3ccc[nH]3)(C1)C2. The molecule has 4 fully saturated rings. The van der Waals surface area contributed by atoms with Crippen molar-refractivity contribution in [2.24, 2.45) is 5.41 Å². The highest BCUT2D eigenvalue weighted by molar-refractivity contribution is 7.18. The van der Waals surface area contributed by atoms with Gasteiger partial charge in [0.25, 0.3) is 5.91 Å². The van der Waals surface area contributed by atoms with Crippen molar-refractivity contribution >= 4 is 44.2 Å². The zero-order chi connectivity index (χ0) is 33.3. The van der Waals surface area contributed by atoms with E-state index in [1.165, 1.54) is 17.5 Å². The summed E-state index contributed by atoms with van der Waals surface area (Å²) in [5, 5.41) is 18.5. The first-order valence-corrected chi connectivity index (χ1v) is 17.1. The lowest BCUT2D eigenvalue weighted by atomic mass is 9.39. The molecule has 2 bridgehead atoms. The Morgan fingerprint density at radius 3 is 2.65 bits per heavy atom. The summed E-state index contributed by atoms with van der Waals surface area (Å²) in [7, 11) is 0. The summed E-state index contributed by atoms with van der Waals surface area (Å²) >= 11 is 1.06. The number of rotatable bonds is 9. The van der Waals surface area contributed by atoms with Crippen LogP contribution in [0, 0.1) is 23.7 Å². The van der Waals surface area contributed by atoms with E-state index in [-0.39, 0.29) is 27.8 Å². The predicted octanol–water partition coefficient (Wildman–Crippen LogP) is 6.69. The fourth-order valence-corrected chi connectivity index (χ4v) is 9.37. The first kappa shape index (κ1) is 30.9. The molecule has 3 N–H and O–H groups in total. The minimum Gasteiger partial charge on any atom is -0.367 e. The highest BCUT2D eigenvalue weighted by Gasteiger charge is 2.68. The van der Waals surface area contributed by atoms with Crippen LogP contribution in [0.4, 0.5) is 19.0 Å². The number of hydrogen-bond acceptors (Lipinski definition) is 7. The van der Waals surface area contributed by atoms with Gasteiger partial charge in [0.2, 0.25) is 0 Å². The Labute approximate surface area is 279 Å². The van der Waals surface area contributed by atoms with Gasteiger partial charge < -0.3 is 20.2 Å². The summed E-state index contributed by atoms with van der Waals surface area (Å²) < 4.78 is 41.0. The summed E-state index contributed by atoms with van der Waals surface area (Å²) in [6, 6.07) is 14.1. The lowest BCUT2D eigenvalue weighted by Gasteiger charge is -2.70. The molecule has 4 aromatic heterocycles. The van der Waals surface area contributed by atoms with Gasteiger partial charge in [-0.15, -0.1) is 11.3 Å². The van der Waals surface area contributed by atoms with Crippen molar-refractivity contribution in [1.82, 2.24) is 29.7 Å². The standard InChI is InChI=1S/C35H35F3N8OS/c1-21-22(15-45-9-6-23(7-10-45)43-30-27-12-25(13-35(36,37)38)48-32(27)42-20-41-30)4-5-29-26(21)11-24(14-39)46(29)19-33-16-34(17-33,18-33)44-31(47)28-3-2-8-40-28/h2-5,8,11-12,20,23,40H,6-7,9-10,13,15-19H2,1H3,(H,44,47)(H,41,42,43). The molecule has 3 aliphatic carbocycles. The van der Waals surface area contributed by atoms with Gasteiger partial charge in [-0.2, -0.15) is 18.4 Å². The largest absolute Gasteiger partial charge is 0.393 e. The molecule has 0 spiro atoms. The monoisotopic (exact) mass is 672 g/mol. The summed E-state index contributed by atoms with van der Waals surface area (Å²) in [6.07, 6.45) is 2.48. The Morgan fingerprint density at radius 1 is 1.15 bits per heavy atom. The Kier molecular flexibility index (Phi) is 7.30. The maximum atomic E-state index is 13.0. The molecule has 1 saturated heterocycles. The third-order valence-electron chi connectivity index (χ3n) is 10.5. The van der Waals surface area contributed by atoms with Gasteiger partial charge in [0.05, 0.1) is 11.8 Å². The van der Waals surface area contributed by atoms with Crippen molar-refractivity contribution in [1.29, 1.82) is 5.26 Å². The molecule has 0 atom stereocenters. The van der Waals surface area contributed by atoms with Crippen LogP contribution in [0.3, 0.4) is 0 Å². The fraction of sp³-hybridized carbons (Fsp3) is 0.429. The van der Waals surface area contributed by atoms with Crippen molar-refractivity contribution in [3.8, 4) is 6.07 Å². The van der Waals surface area contributed by atoms with Crippen LogP contribution in [0.25, 0.3) is 21.1 Å². The number of nitriles is 1. The Morgan fingerprint density at radius 2 is 1.94 bits per heavy atom. The number of aromatic amines is 1. The van der Waals surface area contributed by atoms with Crippen LogP contribution in [0.15, 0.2) is 48.9 Å². The van der Waals surface area contributed by atoms with Crippen molar-refractivity contribution in [2.75, 3.05) is 18.4 Å². The number of amides is 1. The number of aromatic nitrogens is 4. The number of carbonyl (C=O) groups is 1. The maximum absolute atomic E-state index is 13.0. The minimum atomic E-state index is -4.26. The number of nitrogens with one attached hydrogen (secondary N) is 3. The number of likely N-dealkylation sites (tertiary alicyclic amines) is 1. The van der Waals surface area contributed by atoms with Crippen molar-refractivity contribution < 1.29 is 18.0 Å². The molecule has 0 unspecified atom stereocenters. The second-order valence-corrected chi connectivity index (χ2v) is 15.1. The van der Waals surface area contributed by atoms with Gasteiger partial charge in [0.15, 0.2) is 0 Å². The van der Waals surface area contributed by atoms with Crippen LogP contribution < -0.4 is 10.6 Å². The molecule has 1 amide bonds. The van der Waals surface area contributed by atoms with E-state index in [0.717, 1.165) is 80.5 Å². The van der Waals surface area contributed by atoms with E-state index in [2.05, 4.69) is 60.2 Å². The molecule has 5 heterocycles. The van der Waals surface area contributed by atoms with Crippen LogP contribution in [0.5, 0.6) is 0 Å². The molecule has 13 heteroatoms. The van der Waals surface area contributed by atoms with Crippen molar-refractivity contribution in [2.45, 2.75) is 76.3 Å². The number of nitrogens with zero attached hydrogens (tertiary/aromatic N) is 5. The highest BCUT2D eigenvalue weighted by Crippen LogP contribution is 2.68. The maximum Gasteiger partial charge on any atom is 0.393 e. The number of fused-ring (bicyclic) bond motifs is 2. The first-order chi connectivity index (χ1) is 23.0. The molecule has 3 saturated carbocycles. The molecular weight excluding hydrogens is 638 g/mol. The van der Waals surface area contributed by atoms with E-state index in [0.29, 0.717) is 27.4 Å². The first-order valence-electron chi connectivity index (χ1n) is 16.3. The molecule has 0 radical (unpaired) electrons. The van der Waals surface area contributed by atoms with Crippen molar-refractivity contribution in [3.63, 3.8) is 0 Å². The van der Waals surface area contributed by atoms with E-state index >= 15 is 0 Å². The molecule has 5 aromatic rings. The normalized spacial score (nSPS) is 22.7. The van der Waals surface area contributed by atoms with Crippen LogP contribution >= 0.6 is 11.3 Å². The fourth-order valence-electron chi connectivity index (χ4n) is 8.34. The number of H-pyrrole nitrogens is 1. The Bertz CT molecular complexity index is 2050. The number of carbonyl (C=O) groups excluding carboxylic acids is 1. The summed E-state index contributed by atoms with van der Waals surface area (Å²) in [5.74, 6) is 0.533. The Hall–Kier alpha value is -4.41. The lowest BCUT2D eigenvalue weighted by Crippen LogP contribution is -2.75. The zero-order valence-electron chi connectivity index (χ0n) is 26.5. The van der Waals surface area contributed by atoms with E-state index < -0.39 is 12.6 Å². The molecule has 9 nitrogen and oxygen atoms in total. The van der Waals surface area contributed by atoms with Gasteiger partial charge in [-0.1, -0.05) is 6.07 Å². The molecule has 48 heavy (non-hydrogen) atoms. The third kappa shape index (κ3) is 5.60. The smallest absolute Gasteiger partial charge is 0.367 e. The summed E-state index contributed by atoms with van der Waals surface area (Å²) in [5.41, 5.74) is 4.72. The number of anilines is 1. The molecule has 4 aliphatic rings. The van der Waals surface area contributed by atoms with Crippen LogP contribution in [0.1, 0.15) is 64.3 Å². The van der Waals surface area contributed by atoms with Crippen LogP contribution in [0.2, 0.25) is 0 Å². The molecule has 1 aromatic carbocycles. The number of aryl methyl sites for hydroxylation is 1. The molecular formula is C35H35F3N8OS. The number of benzene rings is 1. The minimum absolute atomic E-state index is 0.0620. The van der Waals surface area contributed by atoms with Gasteiger partial charge in [0.1, 0.15) is 34.4 Å². The average Bonchev–Trinajstić information content (AvgIpc) is 3.76. The topological polar surface area (TPSA) is 115 Å². The van der Waals surface area contributed by atoms with E-state index in [1.807, 2.05) is 12.1 Å². The van der Waals surface area contributed by atoms with Gasteiger partial charge >= 0.3 is 6.18 Å². The summed E-state index contributed by atoms with van der Waals surface area (Å²) in [6.45, 7) is 5.46. The van der Waals surface area contributed by atoms with Crippen LogP contribution in [-0.2, 0) is 19.5 Å². The number of hydrogen-bond donors (Lipinski definition) is 3. The number of alkyl halides is 3. The highest BCUT2D eigenvalue weighted by atomic mass is 32.1. The number of thiophene rings is 1. The number of halogens is 3. The van der Waals surface area contributed by atoms with Crippen LogP contribution in [-0.4, -0.2) is 61.2 Å².